The third-order valence-electron chi connectivity index (χ3n) is 4.87. The number of furan rings is 1. The van der Waals surface area contributed by atoms with Gasteiger partial charge in [0.1, 0.15) is 27.8 Å². The van der Waals surface area contributed by atoms with E-state index in [0.717, 1.165) is 49.4 Å². The SMILES string of the molecule is c1cc(Oc2cccc(-c3ncc4ccccn34)c2)cc(-c2nc3ccoc3s2)c1. The Labute approximate surface area is 175 Å². The number of imidazole rings is 1. The Morgan fingerprint density at radius 3 is 2.57 bits per heavy atom. The number of ether oxygens (including phenoxy) is 1. The summed E-state index contributed by atoms with van der Waals surface area (Å²) in [6, 6.07) is 23.8. The lowest BCUT2D eigenvalue weighted by Gasteiger charge is -2.08. The smallest absolute Gasteiger partial charge is 0.207 e. The summed E-state index contributed by atoms with van der Waals surface area (Å²) in [6.45, 7) is 0. The van der Waals surface area contributed by atoms with Crippen LogP contribution in [0.3, 0.4) is 0 Å². The third kappa shape index (κ3) is 2.94. The number of thiazole rings is 1. The average Bonchev–Trinajstić information content (AvgIpc) is 3.49. The van der Waals surface area contributed by atoms with Gasteiger partial charge in [-0.15, -0.1) is 0 Å². The maximum Gasteiger partial charge on any atom is 0.207 e. The Bertz CT molecular complexity index is 1470. The van der Waals surface area contributed by atoms with Crippen LogP contribution in [0.1, 0.15) is 0 Å². The number of benzene rings is 2. The van der Waals surface area contributed by atoms with Gasteiger partial charge in [-0.05, 0) is 36.4 Å². The van der Waals surface area contributed by atoms with Gasteiger partial charge < -0.3 is 9.15 Å². The minimum absolute atomic E-state index is 0.754. The van der Waals surface area contributed by atoms with Crippen LogP contribution in [0.4, 0.5) is 0 Å². The van der Waals surface area contributed by atoms with Gasteiger partial charge in [0.15, 0.2) is 0 Å². The maximum absolute atomic E-state index is 6.16. The molecular weight excluding hydrogens is 394 g/mol. The molecule has 2 aromatic carbocycles. The van der Waals surface area contributed by atoms with Crippen LogP contribution in [0.15, 0.2) is 95.9 Å². The molecule has 0 saturated carbocycles. The predicted molar refractivity (Wildman–Crippen MR) is 118 cm³/mol. The molecule has 0 fully saturated rings. The lowest BCUT2D eigenvalue weighted by atomic mass is 10.2. The monoisotopic (exact) mass is 409 g/mol. The summed E-state index contributed by atoms with van der Waals surface area (Å²) in [5.74, 6) is 2.39. The van der Waals surface area contributed by atoms with Crippen molar-refractivity contribution >= 4 is 27.3 Å². The highest BCUT2D eigenvalue weighted by Gasteiger charge is 2.11. The Morgan fingerprint density at radius 2 is 1.70 bits per heavy atom. The van der Waals surface area contributed by atoms with Gasteiger partial charge in [-0.25, -0.2) is 9.97 Å². The summed E-state index contributed by atoms with van der Waals surface area (Å²) in [6.07, 6.45) is 5.54. The largest absolute Gasteiger partial charge is 0.457 e. The molecule has 6 aromatic rings. The molecule has 6 heteroatoms. The molecule has 0 saturated heterocycles. The molecule has 0 aliphatic rings. The van der Waals surface area contributed by atoms with E-state index in [-0.39, 0.29) is 0 Å². The molecule has 0 atom stereocenters. The normalized spacial score (nSPS) is 11.3. The number of rotatable bonds is 4. The van der Waals surface area contributed by atoms with Gasteiger partial charge in [0.2, 0.25) is 4.90 Å². The first kappa shape index (κ1) is 17.0. The van der Waals surface area contributed by atoms with Crippen molar-refractivity contribution in [3.63, 3.8) is 0 Å². The third-order valence-corrected chi connectivity index (χ3v) is 5.88. The van der Waals surface area contributed by atoms with Gasteiger partial charge in [-0.2, -0.15) is 0 Å². The highest BCUT2D eigenvalue weighted by molar-refractivity contribution is 7.21. The van der Waals surface area contributed by atoms with Crippen LogP contribution in [0, 0.1) is 0 Å². The second-order valence-corrected chi connectivity index (χ2v) is 7.81. The minimum atomic E-state index is 0.754. The fraction of sp³-hybridized carbons (Fsp3) is 0. The van der Waals surface area contributed by atoms with Crippen molar-refractivity contribution in [1.82, 2.24) is 14.4 Å². The van der Waals surface area contributed by atoms with Gasteiger partial charge in [0, 0.05) is 23.4 Å². The summed E-state index contributed by atoms with van der Waals surface area (Å²) in [5, 5.41) is 0.910. The van der Waals surface area contributed by atoms with Gasteiger partial charge in [-0.1, -0.05) is 41.7 Å². The van der Waals surface area contributed by atoms with E-state index in [0.29, 0.717) is 0 Å². The average molecular weight is 409 g/mol. The Balaban J connectivity index is 1.32. The summed E-state index contributed by atoms with van der Waals surface area (Å²) in [5.41, 5.74) is 3.93. The Morgan fingerprint density at radius 1 is 0.867 bits per heavy atom. The molecule has 0 N–H and O–H groups in total. The first-order chi connectivity index (χ1) is 14.8. The fourth-order valence-corrected chi connectivity index (χ4v) is 4.36. The van der Waals surface area contributed by atoms with Gasteiger partial charge in [-0.3, -0.25) is 4.40 Å². The van der Waals surface area contributed by atoms with Crippen molar-refractivity contribution in [3.05, 3.63) is 91.5 Å². The molecule has 30 heavy (non-hydrogen) atoms. The topological polar surface area (TPSA) is 52.6 Å². The standard InChI is InChI=1S/C24H15N3O2S/c1-2-11-27-18(7-1)15-25-22(27)16-5-3-8-19(13-16)29-20-9-4-6-17(14-20)23-26-21-10-12-28-24(21)30-23/h1-15H. The number of aromatic nitrogens is 3. The Hall–Kier alpha value is -3.90. The first-order valence-electron chi connectivity index (χ1n) is 9.48. The zero-order valence-corrected chi connectivity index (χ0v) is 16.5. The van der Waals surface area contributed by atoms with Crippen LogP contribution in [0.2, 0.25) is 0 Å². The lowest BCUT2D eigenvalue weighted by Crippen LogP contribution is -1.90. The number of nitrogens with zero attached hydrogens (tertiary/aromatic N) is 3. The van der Waals surface area contributed by atoms with Crippen molar-refractivity contribution in [1.29, 1.82) is 0 Å². The second kappa shape index (κ2) is 6.86. The molecule has 4 heterocycles. The number of pyridine rings is 1. The molecule has 0 aliphatic carbocycles. The van der Waals surface area contributed by atoms with E-state index >= 15 is 0 Å². The molecule has 0 bridgehead atoms. The van der Waals surface area contributed by atoms with Crippen LogP contribution in [-0.4, -0.2) is 14.4 Å². The number of fused-ring (bicyclic) bond motifs is 2. The van der Waals surface area contributed by atoms with E-state index in [9.17, 15) is 0 Å². The molecule has 0 amide bonds. The summed E-state index contributed by atoms with van der Waals surface area (Å²) in [7, 11) is 0. The van der Waals surface area contributed by atoms with Crippen LogP contribution in [0.5, 0.6) is 11.5 Å². The molecule has 0 aliphatic heterocycles. The maximum atomic E-state index is 6.16. The minimum Gasteiger partial charge on any atom is -0.457 e. The second-order valence-electron chi connectivity index (χ2n) is 6.85. The predicted octanol–water partition coefficient (Wildman–Crippen LogP) is 6.66. The zero-order valence-electron chi connectivity index (χ0n) is 15.7. The number of hydrogen-bond donors (Lipinski definition) is 0. The molecular formula is C24H15N3O2S. The highest BCUT2D eigenvalue weighted by atomic mass is 32.1. The summed E-state index contributed by atoms with van der Waals surface area (Å²) >= 11 is 1.53. The molecule has 0 radical (unpaired) electrons. The van der Waals surface area contributed by atoms with Crippen molar-refractivity contribution < 1.29 is 9.15 Å². The van der Waals surface area contributed by atoms with E-state index in [1.165, 1.54) is 11.3 Å². The fourth-order valence-electron chi connectivity index (χ4n) is 3.48. The van der Waals surface area contributed by atoms with Crippen molar-refractivity contribution in [2.45, 2.75) is 0 Å². The summed E-state index contributed by atoms with van der Waals surface area (Å²) < 4.78 is 13.7. The van der Waals surface area contributed by atoms with Crippen LogP contribution in [-0.2, 0) is 0 Å². The molecule has 0 unspecified atom stereocenters. The molecule has 5 nitrogen and oxygen atoms in total. The highest BCUT2D eigenvalue weighted by Crippen LogP contribution is 2.34. The first-order valence-corrected chi connectivity index (χ1v) is 10.3. The van der Waals surface area contributed by atoms with Crippen LogP contribution in [0.25, 0.3) is 37.9 Å². The van der Waals surface area contributed by atoms with Gasteiger partial charge in [0.25, 0.3) is 0 Å². The van der Waals surface area contributed by atoms with E-state index in [2.05, 4.69) is 14.4 Å². The number of hydrogen-bond acceptors (Lipinski definition) is 5. The van der Waals surface area contributed by atoms with E-state index in [1.54, 1.807) is 6.26 Å². The van der Waals surface area contributed by atoms with Crippen molar-refractivity contribution in [3.8, 4) is 33.5 Å². The van der Waals surface area contributed by atoms with Crippen LogP contribution >= 0.6 is 11.3 Å². The quantitative estimate of drug-likeness (QED) is 0.326. The molecule has 6 rings (SSSR count). The van der Waals surface area contributed by atoms with Gasteiger partial charge >= 0.3 is 0 Å². The summed E-state index contributed by atoms with van der Waals surface area (Å²) in [4.78, 5) is 10.0. The van der Waals surface area contributed by atoms with E-state index in [1.807, 2.05) is 85.2 Å². The van der Waals surface area contributed by atoms with Gasteiger partial charge in [0.05, 0.1) is 18.0 Å². The van der Waals surface area contributed by atoms with Crippen LogP contribution < -0.4 is 4.74 Å². The van der Waals surface area contributed by atoms with E-state index < -0.39 is 0 Å². The zero-order chi connectivity index (χ0) is 19.9. The lowest BCUT2D eigenvalue weighted by molar-refractivity contribution is 0.483. The Kier molecular flexibility index (Phi) is 3.89. The molecule has 144 valence electrons. The van der Waals surface area contributed by atoms with Crippen molar-refractivity contribution in [2.75, 3.05) is 0 Å². The molecule has 0 spiro atoms. The molecule has 4 aromatic heterocycles. The van der Waals surface area contributed by atoms with E-state index in [4.69, 9.17) is 9.15 Å². The van der Waals surface area contributed by atoms with Crippen molar-refractivity contribution in [2.24, 2.45) is 0 Å².